The van der Waals surface area contributed by atoms with E-state index in [1.807, 2.05) is 84.9 Å². The molecular weight excluding hydrogens is 336 g/mol. The van der Waals surface area contributed by atoms with Gasteiger partial charge in [0.05, 0.1) is 6.10 Å². The van der Waals surface area contributed by atoms with Crippen molar-refractivity contribution in [2.45, 2.75) is 26.2 Å². The molecule has 0 bridgehead atoms. The normalized spacial score (nSPS) is 12.1. The lowest BCUT2D eigenvalue weighted by Gasteiger charge is -2.13. The zero-order valence-corrected chi connectivity index (χ0v) is 15.4. The molecule has 0 amide bonds. The van der Waals surface area contributed by atoms with Gasteiger partial charge in [0.15, 0.2) is 0 Å². The van der Waals surface area contributed by atoms with Crippen molar-refractivity contribution in [2.75, 3.05) is 0 Å². The molecule has 1 atom stereocenters. The summed E-state index contributed by atoms with van der Waals surface area (Å²) in [7, 11) is 0. The Morgan fingerprint density at radius 2 is 1.41 bits per heavy atom. The Balaban J connectivity index is 1.73. The van der Waals surface area contributed by atoms with E-state index in [0.717, 1.165) is 28.2 Å². The second kappa shape index (κ2) is 9.60. The Kier molecular flexibility index (Phi) is 6.66. The van der Waals surface area contributed by atoms with Gasteiger partial charge in [0, 0.05) is 5.56 Å². The molecule has 0 aliphatic carbocycles. The molecule has 138 valence electrons. The summed E-state index contributed by atoms with van der Waals surface area (Å²) in [5.74, 6) is 1.51. The van der Waals surface area contributed by atoms with Crippen molar-refractivity contribution in [3.63, 3.8) is 0 Å². The van der Waals surface area contributed by atoms with Gasteiger partial charge in [-0.3, -0.25) is 0 Å². The van der Waals surface area contributed by atoms with Crippen molar-refractivity contribution < 1.29 is 14.6 Å². The molecule has 1 unspecified atom stereocenters. The van der Waals surface area contributed by atoms with E-state index in [1.54, 1.807) is 13.0 Å². The molecule has 0 saturated carbocycles. The third-order valence-electron chi connectivity index (χ3n) is 4.02. The van der Waals surface area contributed by atoms with Crippen LogP contribution in [0.15, 0.2) is 84.9 Å². The Morgan fingerprint density at radius 1 is 0.815 bits per heavy atom. The summed E-state index contributed by atoms with van der Waals surface area (Å²) in [5.41, 5.74) is 3.09. The summed E-state index contributed by atoms with van der Waals surface area (Å²) in [5, 5.41) is 9.57. The van der Waals surface area contributed by atoms with Gasteiger partial charge in [0.25, 0.3) is 0 Å². The van der Waals surface area contributed by atoms with Crippen LogP contribution in [0.5, 0.6) is 11.5 Å². The lowest BCUT2D eigenvalue weighted by Crippen LogP contribution is -1.99. The van der Waals surface area contributed by atoms with E-state index in [1.165, 1.54) is 0 Å². The summed E-state index contributed by atoms with van der Waals surface area (Å²) in [6.45, 7) is 2.71. The van der Waals surface area contributed by atoms with Crippen LogP contribution in [0.25, 0.3) is 6.08 Å². The zero-order chi connectivity index (χ0) is 18.9. The SMILES string of the molecule is CC(O)/C=C/c1cc(OCc2ccccc2)ccc1OCc1ccccc1. The van der Waals surface area contributed by atoms with Gasteiger partial charge in [-0.25, -0.2) is 0 Å². The van der Waals surface area contributed by atoms with Crippen LogP contribution < -0.4 is 9.47 Å². The number of rotatable bonds is 8. The van der Waals surface area contributed by atoms with Gasteiger partial charge < -0.3 is 14.6 Å². The topological polar surface area (TPSA) is 38.7 Å². The first-order chi connectivity index (χ1) is 13.2. The fourth-order valence-electron chi connectivity index (χ4n) is 2.60. The molecule has 0 spiro atoms. The molecule has 3 heteroatoms. The Morgan fingerprint density at radius 3 is 2.00 bits per heavy atom. The van der Waals surface area contributed by atoms with Crippen molar-refractivity contribution in [3.05, 3.63) is 102 Å². The van der Waals surface area contributed by atoms with Crippen LogP contribution in [0.2, 0.25) is 0 Å². The Hall–Kier alpha value is -3.04. The number of aliphatic hydroxyl groups is 1. The van der Waals surface area contributed by atoms with Crippen LogP contribution in [-0.2, 0) is 13.2 Å². The van der Waals surface area contributed by atoms with Crippen molar-refractivity contribution in [1.82, 2.24) is 0 Å². The predicted octanol–water partition coefficient (Wildman–Crippen LogP) is 5.24. The molecule has 0 heterocycles. The van der Waals surface area contributed by atoms with Crippen molar-refractivity contribution in [1.29, 1.82) is 0 Å². The molecular formula is C24H24O3. The second-order valence-corrected chi connectivity index (χ2v) is 6.35. The first-order valence-corrected chi connectivity index (χ1v) is 9.04. The van der Waals surface area contributed by atoms with Crippen LogP contribution in [0.1, 0.15) is 23.6 Å². The maximum absolute atomic E-state index is 9.57. The Bertz CT molecular complexity index is 855. The lowest BCUT2D eigenvalue weighted by atomic mass is 10.1. The highest BCUT2D eigenvalue weighted by atomic mass is 16.5. The molecule has 0 fully saturated rings. The van der Waals surface area contributed by atoms with Crippen LogP contribution >= 0.6 is 0 Å². The predicted molar refractivity (Wildman–Crippen MR) is 109 cm³/mol. The maximum atomic E-state index is 9.57. The maximum Gasteiger partial charge on any atom is 0.127 e. The van der Waals surface area contributed by atoms with Gasteiger partial charge in [-0.2, -0.15) is 0 Å². The van der Waals surface area contributed by atoms with Crippen molar-refractivity contribution >= 4 is 6.08 Å². The molecule has 1 N–H and O–H groups in total. The summed E-state index contributed by atoms with van der Waals surface area (Å²) < 4.78 is 11.9. The highest BCUT2D eigenvalue weighted by Gasteiger charge is 2.06. The van der Waals surface area contributed by atoms with E-state index in [9.17, 15) is 5.11 Å². The van der Waals surface area contributed by atoms with Gasteiger partial charge in [-0.1, -0.05) is 72.8 Å². The van der Waals surface area contributed by atoms with E-state index < -0.39 is 6.10 Å². The lowest BCUT2D eigenvalue weighted by molar-refractivity contribution is 0.245. The third-order valence-corrected chi connectivity index (χ3v) is 4.02. The van der Waals surface area contributed by atoms with E-state index >= 15 is 0 Å². The average molecular weight is 360 g/mol. The van der Waals surface area contributed by atoms with Crippen LogP contribution in [0.4, 0.5) is 0 Å². The quantitative estimate of drug-likeness (QED) is 0.597. The summed E-state index contributed by atoms with van der Waals surface area (Å²) in [4.78, 5) is 0. The molecule has 0 saturated heterocycles. The minimum atomic E-state index is -0.527. The molecule has 27 heavy (non-hydrogen) atoms. The van der Waals surface area contributed by atoms with Crippen LogP contribution in [-0.4, -0.2) is 11.2 Å². The fourth-order valence-corrected chi connectivity index (χ4v) is 2.60. The standard InChI is InChI=1S/C24H24O3/c1-19(25)12-13-22-16-23(26-17-20-8-4-2-5-9-20)14-15-24(22)27-18-21-10-6-3-7-11-21/h2-16,19,25H,17-18H2,1H3/b13-12+. The summed E-state index contributed by atoms with van der Waals surface area (Å²) in [6, 6.07) is 25.8. The number of hydrogen-bond acceptors (Lipinski definition) is 3. The number of benzene rings is 3. The van der Waals surface area contributed by atoms with E-state index in [2.05, 4.69) is 0 Å². The molecule has 0 aliphatic rings. The largest absolute Gasteiger partial charge is 0.489 e. The molecule has 0 aliphatic heterocycles. The monoisotopic (exact) mass is 360 g/mol. The van der Waals surface area contributed by atoms with Gasteiger partial charge in [-0.05, 0) is 36.2 Å². The van der Waals surface area contributed by atoms with E-state index in [-0.39, 0.29) is 0 Å². The average Bonchev–Trinajstić information content (AvgIpc) is 2.71. The molecule has 3 aromatic carbocycles. The van der Waals surface area contributed by atoms with Gasteiger partial charge in [0.2, 0.25) is 0 Å². The zero-order valence-electron chi connectivity index (χ0n) is 15.4. The van der Waals surface area contributed by atoms with Crippen LogP contribution in [0.3, 0.4) is 0 Å². The molecule has 3 nitrogen and oxygen atoms in total. The number of ether oxygens (including phenoxy) is 2. The molecule has 0 radical (unpaired) electrons. The summed E-state index contributed by atoms with van der Waals surface area (Å²) in [6.07, 6.45) is 3.06. The molecule has 0 aromatic heterocycles. The smallest absolute Gasteiger partial charge is 0.127 e. The van der Waals surface area contributed by atoms with Crippen molar-refractivity contribution in [2.24, 2.45) is 0 Å². The van der Waals surface area contributed by atoms with Crippen LogP contribution in [0, 0.1) is 0 Å². The minimum Gasteiger partial charge on any atom is -0.489 e. The fraction of sp³-hybridized carbons (Fsp3) is 0.167. The van der Waals surface area contributed by atoms with Gasteiger partial charge in [0.1, 0.15) is 24.7 Å². The number of hydrogen-bond donors (Lipinski definition) is 1. The van der Waals surface area contributed by atoms with Gasteiger partial charge in [-0.15, -0.1) is 0 Å². The van der Waals surface area contributed by atoms with E-state index in [4.69, 9.17) is 9.47 Å². The number of aliphatic hydroxyl groups excluding tert-OH is 1. The van der Waals surface area contributed by atoms with E-state index in [0.29, 0.717) is 13.2 Å². The second-order valence-electron chi connectivity index (χ2n) is 6.35. The minimum absolute atomic E-state index is 0.487. The first-order valence-electron chi connectivity index (χ1n) is 9.04. The van der Waals surface area contributed by atoms with Crippen molar-refractivity contribution in [3.8, 4) is 11.5 Å². The molecule has 3 aromatic rings. The first kappa shape index (κ1) is 18.7. The van der Waals surface area contributed by atoms with Gasteiger partial charge >= 0.3 is 0 Å². The molecule has 3 rings (SSSR count). The Labute approximate surface area is 160 Å². The highest BCUT2D eigenvalue weighted by Crippen LogP contribution is 2.27. The summed E-state index contributed by atoms with van der Waals surface area (Å²) >= 11 is 0. The highest BCUT2D eigenvalue weighted by molar-refractivity contribution is 5.60. The third kappa shape index (κ3) is 6.01.